The van der Waals surface area contributed by atoms with Gasteiger partial charge in [0.1, 0.15) is 12.6 Å². The van der Waals surface area contributed by atoms with Crippen LogP contribution in [0.5, 0.6) is 0 Å². The van der Waals surface area contributed by atoms with E-state index < -0.39 is 12.0 Å². The van der Waals surface area contributed by atoms with Crippen LogP contribution in [0.1, 0.15) is 13.8 Å². The molecule has 2 rings (SSSR count). The maximum Gasteiger partial charge on any atom is 0.328 e. The number of rotatable bonds is 5. The SMILES string of the molecule is COC(=O)[C@@H](NC(=O)CN1C(=O)[C@H]2C=C[C@H]21)C(C)C. The summed E-state index contributed by atoms with van der Waals surface area (Å²) in [5.41, 5.74) is 0. The maximum atomic E-state index is 11.9. The van der Waals surface area contributed by atoms with Crippen molar-refractivity contribution in [2.45, 2.75) is 25.9 Å². The number of hydrogen-bond acceptors (Lipinski definition) is 4. The van der Waals surface area contributed by atoms with Crippen molar-refractivity contribution in [2.75, 3.05) is 13.7 Å². The fourth-order valence-electron chi connectivity index (χ4n) is 2.29. The van der Waals surface area contributed by atoms with Crippen molar-refractivity contribution in [3.05, 3.63) is 12.2 Å². The fraction of sp³-hybridized carbons (Fsp3) is 0.615. The van der Waals surface area contributed by atoms with Crippen LogP contribution in [0.3, 0.4) is 0 Å². The summed E-state index contributed by atoms with van der Waals surface area (Å²) in [5.74, 6) is -0.938. The number of hydrogen-bond donors (Lipinski definition) is 1. The molecule has 1 aliphatic heterocycles. The van der Waals surface area contributed by atoms with Gasteiger partial charge in [0.25, 0.3) is 0 Å². The van der Waals surface area contributed by atoms with Gasteiger partial charge in [0.15, 0.2) is 0 Å². The molecule has 3 atom stereocenters. The molecule has 2 amide bonds. The van der Waals surface area contributed by atoms with Crippen LogP contribution < -0.4 is 5.32 Å². The quantitative estimate of drug-likeness (QED) is 0.421. The Morgan fingerprint density at radius 2 is 2.11 bits per heavy atom. The summed E-state index contributed by atoms with van der Waals surface area (Å²) in [7, 11) is 1.28. The van der Waals surface area contributed by atoms with Crippen molar-refractivity contribution in [3.63, 3.8) is 0 Å². The highest BCUT2D eigenvalue weighted by Gasteiger charge is 2.49. The standard InChI is InChI=1S/C13H18N2O4/c1-7(2)11(13(18)19-3)14-10(16)6-15-9-5-4-8(9)12(15)17/h4-5,7-9,11H,6H2,1-3H3,(H,14,16)/t8-,9+,11-/m0/s1. The molecule has 1 aliphatic carbocycles. The molecule has 1 heterocycles. The van der Waals surface area contributed by atoms with Crippen molar-refractivity contribution in [3.8, 4) is 0 Å². The number of ether oxygens (including phenoxy) is 1. The molecule has 6 nitrogen and oxygen atoms in total. The first-order valence-electron chi connectivity index (χ1n) is 6.31. The Morgan fingerprint density at radius 3 is 2.53 bits per heavy atom. The lowest BCUT2D eigenvalue weighted by Gasteiger charge is -2.49. The number of methoxy groups -OCH3 is 1. The molecule has 0 bridgehead atoms. The van der Waals surface area contributed by atoms with Gasteiger partial charge in [-0.2, -0.15) is 0 Å². The van der Waals surface area contributed by atoms with E-state index in [1.165, 1.54) is 12.0 Å². The van der Waals surface area contributed by atoms with Gasteiger partial charge in [0, 0.05) is 0 Å². The predicted molar refractivity (Wildman–Crippen MR) is 66.9 cm³/mol. The summed E-state index contributed by atoms with van der Waals surface area (Å²) in [5, 5.41) is 2.61. The zero-order valence-electron chi connectivity index (χ0n) is 11.3. The molecule has 0 saturated carbocycles. The molecule has 1 N–H and O–H groups in total. The molecular formula is C13H18N2O4. The van der Waals surface area contributed by atoms with Crippen molar-refractivity contribution in [1.29, 1.82) is 0 Å². The van der Waals surface area contributed by atoms with E-state index in [0.29, 0.717) is 0 Å². The Hall–Kier alpha value is -1.85. The largest absolute Gasteiger partial charge is 0.467 e. The normalized spacial score (nSPS) is 25.3. The van der Waals surface area contributed by atoms with E-state index in [-0.39, 0.29) is 36.2 Å². The minimum Gasteiger partial charge on any atom is -0.467 e. The molecule has 0 aromatic carbocycles. The summed E-state index contributed by atoms with van der Waals surface area (Å²) in [6.45, 7) is 3.63. The van der Waals surface area contributed by atoms with Crippen LogP contribution >= 0.6 is 0 Å². The van der Waals surface area contributed by atoms with Gasteiger partial charge in [-0.1, -0.05) is 26.0 Å². The smallest absolute Gasteiger partial charge is 0.328 e. The monoisotopic (exact) mass is 266 g/mol. The summed E-state index contributed by atoms with van der Waals surface area (Å²) in [6, 6.07) is -0.615. The lowest BCUT2D eigenvalue weighted by Crippen LogP contribution is -2.65. The van der Waals surface area contributed by atoms with Gasteiger partial charge in [0.05, 0.1) is 19.1 Å². The second kappa shape index (κ2) is 5.03. The number of esters is 1. The van der Waals surface area contributed by atoms with E-state index in [9.17, 15) is 14.4 Å². The third-order valence-corrected chi connectivity index (χ3v) is 3.56. The van der Waals surface area contributed by atoms with Gasteiger partial charge in [-0.3, -0.25) is 9.59 Å². The first kappa shape index (κ1) is 13.6. The number of nitrogens with zero attached hydrogens (tertiary/aromatic N) is 1. The first-order chi connectivity index (χ1) is 8.95. The molecule has 19 heavy (non-hydrogen) atoms. The molecule has 104 valence electrons. The number of carbonyl (C=O) groups excluding carboxylic acids is 3. The van der Waals surface area contributed by atoms with E-state index in [1.54, 1.807) is 0 Å². The highest BCUT2D eigenvalue weighted by atomic mass is 16.5. The predicted octanol–water partition coefficient (Wildman–Crippen LogP) is -0.303. The Balaban J connectivity index is 1.88. The van der Waals surface area contributed by atoms with Crippen LogP contribution in [-0.2, 0) is 19.1 Å². The second-order valence-electron chi connectivity index (χ2n) is 5.18. The number of fused-ring (bicyclic) bond motifs is 1. The lowest BCUT2D eigenvalue weighted by molar-refractivity contribution is -0.155. The third-order valence-electron chi connectivity index (χ3n) is 3.56. The average Bonchev–Trinajstić information content (AvgIpc) is 2.32. The van der Waals surface area contributed by atoms with Crippen LogP contribution in [-0.4, -0.2) is 48.4 Å². The zero-order valence-corrected chi connectivity index (χ0v) is 11.3. The molecule has 2 aliphatic rings. The fourth-order valence-corrected chi connectivity index (χ4v) is 2.29. The van der Waals surface area contributed by atoms with E-state index in [4.69, 9.17) is 0 Å². The third kappa shape index (κ3) is 2.34. The van der Waals surface area contributed by atoms with Gasteiger partial charge >= 0.3 is 5.97 Å². The zero-order chi connectivity index (χ0) is 14.2. The topological polar surface area (TPSA) is 75.7 Å². The Labute approximate surface area is 111 Å². The molecule has 0 radical (unpaired) electrons. The molecule has 1 saturated heterocycles. The van der Waals surface area contributed by atoms with Crippen molar-refractivity contribution in [1.82, 2.24) is 10.2 Å². The van der Waals surface area contributed by atoms with Crippen LogP contribution in [0.25, 0.3) is 0 Å². The number of amides is 2. The summed E-state index contributed by atoms with van der Waals surface area (Å²) in [6.07, 6.45) is 3.74. The molecule has 0 unspecified atom stereocenters. The number of β-lactam (4-membered cyclic amide) rings is 1. The van der Waals surface area contributed by atoms with Gasteiger partial charge in [-0.25, -0.2) is 4.79 Å². The summed E-state index contributed by atoms with van der Waals surface area (Å²) >= 11 is 0. The van der Waals surface area contributed by atoms with E-state index in [0.717, 1.165) is 0 Å². The highest BCUT2D eigenvalue weighted by Crippen LogP contribution is 2.35. The Bertz CT molecular complexity index is 444. The van der Waals surface area contributed by atoms with Gasteiger partial charge in [0.2, 0.25) is 11.8 Å². The number of carbonyl (C=O) groups is 3. The van der Waals surface area contributed by atoms with Crippen LogP contribution in [0, 0.1) is 11.8 Å². The van der Waals surface area contributed by atoms with Crippen molar-refractivity contribution >= 4 is 17.8 Å². The van der Waals surface area contributed by atoms with Crippen LogP contribution in [0.4, 0.5) is 0 Å². The van der Waals surface area contributed by atoms with E-state index >= 15 is 0 Å². The first-order valence-corrected chi connectivity index (χ1v) is 6.31. The van der Waals surface area contributed by atoms with Crippen molar-refractivity contribution in [2.24, 2.45) is 11.8 Å². The molecule has 0 spiro atoms. The van der Waals surface area contributed by atoms with E-state index in [2.05, 4.69) is 10.1 Å². The van der Waals surface area contributed by atoms with Gasteiger partial charge in [-0.15, -0.1) is 0 Å². The number of likely N-dealkylation sites (tertiary alicyclic amines) is 1. The maximum absolute atomic E-state index is 11.9. The van der Waals surface area contributed by atoms with Crippen LogP contribution in [0.2, 0.25) is 0 Å². The van der Waals surface area contributed by atoms with E-state index in [1.807, 2.05) is 26.0 Å². The Kier molecular flexibility index (Phi) is 3.59. The second-order valence-corrected chi connectivity index (χ2v) is 5.18. The summed E-state index contributed by atoms with van der Waals surface area (Å²) in [4.78, 5) is 36.5. The molecule has 6 heteroatoms. The van der Waals surface area contributed by atoms with Crippen molar-refractivity contribution < 1.29 is 19.1 Å². The Morgan fingerprint density at radius 1 is 1.42 bits per heavy atom. The highest BCUT2D eigenvalue weighted by molar-refractivity contribution is 5.95. The average molecular weight is 266 g/mol. The summed E-state index contributed by atoms with van der Waals surface area (Å²) < 4.78 is 4.64. The molecular weight excluding hydrogens is 248 g/mol. The van der Waals surface area contributed by atoms with Gasteiger partial charge < -0.3 is 15.0 Å². The minimum absolute atomic E-state index is 0.00937. The molecule has 0 aromatic heterocycles. The molecule has 0 aromatic rings. The minimum atomic E-state index is -0.679. The van der Waals surface area contributed by atoms with Gasteiger partial charge in [-0.05, 0) is 5.92 Å². The van der Waals surface area contributed by atoms with Crippen LogP contribution in [0.15, 0.2) is 12.2 Å². The molecule has 1 fully saturated rings. The number of nitrogens with one attached hydrogen (secondary N) is 1. The lowest BCUT2D eigenvalue weighted by atomic mass is 9.78.